The molecule has 3 heterocycles. The van der Waals surface area contributed by atoms with Crippen molar-refractivity contribution < 1.29 is 8.83 Å². The number of rotatable bonds is 3. The minimum absolute atomic E-state index is 0.368. The zero-order valence-electron chi connectivity index (χ0n) is 15.9. The van der Waals surface area contributed by atoms with Crippen LogP contribution in [0.15, 0.2) is 73.6 Å². The van der Waals surface area contributed by atoms with Gasteiger partial charge in [0.1, 0.15) is 28.2 Å². The van der Waals surface area contributed by atoms with Crippen molar-refractivity contribution in [2.75, 3.05) is 0 Å². The lowest BCUT2D eigenvalue weighted by atomic mass is 10.0. The third-order valence-corrected chi connectivity index (χ3v) is 5.70. The molecule has 0 aliphatic carbocycles. The number of thiazole rings is 1. The summed E-state index contributed by atoms with van der Waals surface area (Å²) in [6, 6.07) is 19.3. The Morgan fingerprint density at radius 1 is 1.10 bits per heavy atom. The van der Waals surface area contributed by atoms with E-state index in [0.717, 1.165) is 21.9 Å². The zero-order valence-corrected chi connectivity index (χ0v) is 16.7. The van der Waals surface area contributed by atoms with Gasteiger partial charge in [0.15, 0.2) is 0 Å². The molecule has 2 aromatic carbocycles. The first-order valence-electron chi connectivity index (χ1n) is 9.22. The predicted molar refractivity (Wildman–Crippen MR) is 118 cm³/mol. The summed E-state index contributed by atoms with van der Waals surface area (Å²) in [5, 5.41) is 14.8. The summed E-state index contributed by atoms with van der Waals surface area (Å²) >= 11 is 1.30. The summed E-state index contributed by atoms with van der Waals surface area (Å²) in [5.41, 5.74) is 1.29. The SMILES string of the molecule is Cc1ccc(C=C(C#N)c2nc(-c3cc4c(ccc5ccccc54)oc3=O)cs2)o1. The van der Waals surface area contributed by atoms with Crippen LogP contribution in [0.2, 0.25) is 0 Å². The Hall–Kier alpha value is -3.95. The average molecular weight is 410 g/mol. The lowest BCUT2D eigenvalue weighted by Crippen LogP contribution is -2.03. The Labute approximate surface area is 175 Å². The standard InChI is InChI=1S/C24H14N2O3S/c1-14-6-8-17(28-14)10-16(12-25)23-26-21(13-30-23)20-11-19-18-5-3-2-4-15(18)7-9-22(19)29-24(20)27/h2-11,13H,1H3. The quantitative estimate of drug-likeness (QED) is 0.206. The van der Waals surface area contributed by atoms with Crippen molar-refractivity contribution in [2.45, 2.75) is 6.92 Å². The van der Waals surface area contributed by atoms with Crippen LogP contribution in [0, 0.1) is 18.3 Å². The molecule has 0 aliphatic heterocycles. The second-order valence-electron chi connectivity index (χ2n) is 6.80. The molecule has 0 radical (unpaired) electrons. The Morgan fingerprint density at radius 2 is 1.97 bits per heavy atom. The van der Waals surface area contributed by atoms with Crippen LogP contribution in [0.4, 0.5) is 0 Å². The van der Waals surface area contributed by atoms with Gasteiger partial charge < -0.3 is 8.83 Å². The highest BCUT2D eigenvalue weighted by atomic mass is 32.1. The molecule has 0 bridgehead atoms. The van der Waals surface area contributed by atoms with Crippen molar-refractivity contribution in [3.63, 3.8) is 0 Å². The van der Waals surface area contributed by atoms with Crippen LogP contribution in [-0.2, 0) is 0 Å². The van der Waals surface area contributed by atoms with Crippen molar-refractivity contribution in [2.24, 2.45) is 0 Å². The van der Waals surface area contributed by atoms with Gasteiger partial charge in [-0.15, -0.1) is 11.3 Å². The van der Waals surface area contributed by atoms with Crippen LogP contribution in [0.3, 0.4) is 0 Å². The highest BCUT2D eigenvalue weighted by Gasteiger charge is 2.15. The Bertz CT molecular complexity index is 1550. The van der Waals surface area contributed by atoms with Crippen LogP contribution >= 0.6 is 11.3 Å². The van der Waals surface area contributed by atoms with Crippen molar-refractivity contribution in [1.29, 1.82) is 5.26 Å². The molecule has 3 aromatic heterocycles. The summed E-state index contributed by atoms with van der Waals surface area (Å²) in [4.78, 5) is 17.1. The molecule has 0 unspecified atom stereocenters. The zero-order chi connectivity index (χ0) is 20.7. The molecule has 0 saturated carbocycles. The monoisotopic (exact) mass is 410 g/mol. The maximum atomic E-state index is 12.6. The number of benzene rings is 2. The van der Waals surface area contributed by atoms with E-state index in [1.165, 1.54) is 11.3 Å². The minimum atomic E-state index is -0.459. The van der Waals surface area contributed by atoms with E-state index in [-0.39, 0.29) is 0 Å². The average Bonchev–Trinajstić information content (AvgIpc) is 3.40. The van der Waals surface area contributed by atoms with Crippen molar-refractivity contribution >= 4 is 44.7 Å². The summed E-state index contributed by atoms with van der Waals surface area (Å²) < 4.78 is 11.1. The van der Waals surface area contributed by atoms with E-state index in [1.54, 1.807) is 23.6 Å². The van der Waals surface area contributed by atoms with E-state index in [0.29, 0.717) is 33.2 Å². The van der Waals surface area contributed by atoms with E-state index in [1.807, 2.05) is 49.4 Å². The molecule has 5 aromatic rings. The number of hydrogen-bond acceptors (Lipinski definition) is 6. The summed E-state index contributed by atoms with van der Waals surface area (Å²) in [7, 11) is 0. The maximum absolute atomic E-state index is 12.6. The molecule has 0 spiro atoms. The largest absolute Gasteiger partial charge is 0.462 e. The number of hydrogen-bond donors (Lipinski definition) is 0. The highest BCUT2D eigenvalue weighted by molar-refractivity contribution is 7.11. The van der Waals surface area contributed by atoms with Gasteiger partial charge in [0, 0.05) is 16.8 Å². The van der Waals surface area contributed by atoms with Gasteiger partial charge in [0.2, 0.25) is 0 Å². The van der Waals surface area contributed by atoms with Crippen molar-refractivity contribution in [1.82, 2.24) is 4.98 Å². The Balaban J connectivity index is 1.63. The second kappa shape index (κ2) is 7.14. The van der Waals surface area contributed by atoms with Gasteiger partial charge in [-0.05, 0) is 42.0 Å². The number of furan rings is 1. The van der Waals surface area contributed by atoms with E-state index in [9.17, 15) is 10.1 Å². The number of aromatic nitrogens is 1. The molecule has 6 heteroatoms. The number of nitriles is 1. The van der Waals surface area contributed by atoms with Gasteiger partial charge in [-0.3, -0.25) is 0 Å². The van der Waals surface area contributed by atoms with Gasteiger partial charge in [0.05, 0.1) is 16.8 Å². The molecule has 5 nitrogen and oxygen atoms in total. The van der Waals surface area contributed by atoms with Crippen LogP contribution < -0.4 is 5.63 Å². The van der Waals surface area contributed by atoms with Crippen LogP contribution in [0.25, 0.3) is 44.6 Å². The molecular weight excluding hydrogens is 396 g/mol. The summed E-state index contributed by atoms with van der Waals surface area (Å²) in [6.07, 6.45) is 1.64. The van der Waals surface area contributed by atoms with E-state index < -0.39 is 5.63 Å². The summed E-state index contributed by atoms with van der Waals surface area (Å²) in [6.45, 7) is 1.84. The van der Waals surface area contributed by atoms with Crippen molar-refractivity contribution in [3.8, 4) is 17.3 Å². The fourth-order valence-electron chi connectivity index (χ4n) is 3.39. The fraction of sp³-hybridized carbons (Fsp3) is 0.0417. The molecule has 0 fully saturated rings. The van der Waals surface area contributed by atoms with E-state index in [2.05, 4.69) is 11.1 Å². The second-order valence-corrected chi connectivity index (χ2v) is 7.66. The van der Waals surface area contributed by atoms with Gasteiger partial charge in [-0.25, -0.2) is 9.78 Å². The molecule has 144 valence electrons. The highest BCUT2D eigenvalue weighted by Crippen LogP contribution is 2.30. The van der Waals surface area contributed by atoms with Gasteiger partial charge in [-0.1, -0.05) is 30.3 Å². The third-order valence-electron chi connectivity index (χ3n) is 4.82. The number of nitrogens with zero attached hydrogens (tertiary/aromatic N) is 2. The van der Waals surface area contributed by atoms with Gasteiger partial charge in [-0.2, -0.15) is 5.26 Å². The van der Waals surface area contributed by atoms with Crippen molar-refractivity contribution in [3.05, 3.63) is 86.9 Å². The predicted octanol–water partition coefficient (Wildman–Crippen LogP) is 6.04. The van der Waals surface area contributed by atoms with Crippen LogP contribution in [-0.4, -0.2) is 4.98 Å². The van der Waals surface area contributed by atoms with Crippen LogP contribution in [0.5, 0.6) is 0 Å². The summed E-state index contributed by atoms with van der Waals surface area (Å²) in [5.74, 6) is 1.34. The lowest BCUT2D eigenvalue weighted by Gasteiger charge is -2.04. The van der Waals surface area contributed by atoms with Gasteiger partial charge in [0.25, 0.3) is 0 Å². The van der Waals surface area contributed by atoms with E-state index in [4.69, 9.17) is 8.83 Å². The normalized spacial score (nSPS) is 11.8. The van der Waals surface area contributed by atoms with Crippen LogP contribution in [0.1, 0.15) is 16.5 Å². The topological polar surface area (TPSA) is 80.0 Å². The first-order valence-corrected chi connectivity index (χ1v) is 10.1. The molecule has 0 aliphatic rings. The van der Waals surface area contributed by atoms with Gasteiger partial charge >= 0.3 is 5.63 Å². The molecular formula is C24H14N2O3S. The molecule has 0 N–H and O–H groups in total. The third kappa shape index (κ3) is 3.11. The number of aryl methyl sites for hydroxylation is 1. The number of fused-ring (bicyclic) bond motifs is 3. The molecule has 0 saturated heterocycles. The lowest BCUT2D eigenvalue weighted by molar-refractivity contribution is 0.525. The van der Waals surface area contributed by atoms with E-state index >= 15 is 0 Å². The fourth-order valence-corrected chi connectivity index (χ4v) is 4.17. The minimum Gasteiger partial charge on any atom is -0.462 e. The Kier molecular flexibility index (Phi) is 4.31. The first-order chi connectivity index (χ1) is 14.6. The maximum Gasteiger partial charge on any atom is 0.345 e. The molecule has 0 amide bonds. The first kappa shape index (κ1) is 18.1. The molecule has 30 heavy (non-hydrogen) atoms. The molecule has 5 rings (SSSR count). The smallest absolute Gasteiger partial charge is 0.345 e. The number of allylic oxidation sites excluding steroid dienone is 1. The Morgan fingerprint density at radius 3 is 2.77 bits per heavy atom. The molecule has 0 atom stereocenters.